The molecule has 0 spiro atoms. The number of hydrogen-bond acceptors (Lipinski definition) is 3. The topological polar surface area (TPSA) is 77.5 Å². The highest BCUT2D eigenvalue weighted by molar-refractivity contribution is 5.98. The lowest BCUT2D eigenvalue weighted by atomic mass is 9.95. The maximum atomic E-state index is 14.0. The van der Waals surface area contributed by atoms with Crippen LogP contribution < -0.4 is 11.1 Å². The lowest BCUT2D eigenvalue weighted by molar-refractivity contribution is -0.138. The molecule has 4 N–H and O–H groups in total. The first-order valence-electron chi connectivity index (χ1n) is 12.2. The fourth-order valence-corrected chi connectivity index (χ4v) is 4.85. The molecule has 35 heavy (non-hydrogen) atoms. The van der Waals surface area contributed by atoms with Crippen molar-refractivity contribution < 1.29 is 13.2 Å². The molecule has 5 nitrogen and oxygen atoms in total. The highest BCUT2D eigenvalue weighted by Gasteiger charge is 2.34. The van der Waals surface area contributed by atoms with Crippen LogP contribution in [-0.2, 0) is 25.4 Å². The van der Waals surface area contributed by atoms with Crippen LogP contribution in [0.25, 0.3) is 5.70 Å². The lowest BCUT2D eigenvalue weighted by Crippen LogP contribution is -2.48. The van der Waals surface area contributed by atoms with Gasteiger partial charge in [-0.1, -0.05) is 49.7 Å². The van der Waals surface area contributed by atoms with E-state index in [1.165, 1.54) is 11.6 Å². The number of aliphatic imine (C=N–C) groups is 1. The Kier molecular flexibility index (Phi) is 7.48. The first-order valence-corrected chi connectivity index (χ1v) is 12.2. The molecule has 1 atom stereocenters. The summed E-state index contributed by atoms with van der Waals surface area (Å²) in [5.74, 6) is 0.635. The highest BCUT2D eigenvalue weighted by atomic mass is 19.4. The van der Waals surface area contributed by atoms with Gasteiger partial charge in [-0.3, -0.25) is 10.4 Å². The fourth-order valence-electron chi connectivity index (χ4n) is 4.85. The van der Waals surface area contributed by atoms with Crippen molar-refractivity contribution in [3.8, 4) is 0 Å². The third-order valence-corrected chi connectivity index (χ3v) is 6.67. The van der Waals surface area contributed by atoms with Crippen LogP contribution in [0, 0.1) is 5.41 Å². The molecule has 2 aliphatic heterocycles. The summed E-state index contributed by atoms with van der Waals surface area (Å²) in [6.45, 7) is 3.17. The lowest BCUT2D eigenvalue weighted by Gasteiger charge is -2.29. The van der Waals surface area contributed by atoms with Gasteiger partial charge in [0.2, 0.25) is 0 Å². The van der Waals surface area contributed by atoms with Gasteiger partial charge in [0.05, 0.1) is 18.2 Å². The summed E-state index contributed by atoms with van der Waals surface area (Å²) in [5.41, 5.74) is 8.76. The standard InChI is InChI=1S/C27H32F3N5/c1-2-4-18-6-8-19(9-7-18)10-11-20-12-13-21(17-22(20)27(28,29)30)23-14-15-33-25(34-23)24-5-3-16-35(24)26(31)32/h6-9,12-14,17,24H,2-5,10-11,15-16H2,1H3,(H3,31,32)(H,33,34). The van der Waals surface area contributed by atoms with Crippen molar-refractivity contribution >= 4 is 17.5 Å². The van der Waals surface area contributed by atoms with Crippen LogP contribution in [0.15, 0.2) is 53.5 Å². The minimum Gasteiger partial charge on any atom is -0.370 e. The quantitative estimate of drug-likeness (QED) is 0.377. The van der Waals surface area contributed by atoms with E-state index in [0.29, 0.717) is 48.6 Å². The third kappa shape index (κ3) is 5.86. The van der Waals surface area contributed by atoms with Crippen molar-refractivity contribution in [1.82, 2.24) is 10.2 Å². The van der Waals surface area contributed by atoms with E-state index < -0.39 is 11.7 Å². The van der Waals surface area contributed by atoms with E-state index in [-0.39, 0.29) is 12.0 Å². The van der Waals surface area contributed by atoms with Crippen molar-refractivity contribution in [3.63, 3.8) is 0 Å². The summed E-state index contributed by atoms with van der Waals surface area (Å²) >= 11 is 0. The van der Waals surface area contributed by atoms with Gasteiger partial charge in [-0.2, -0.15) is 13.2 Å². The Morgan fingerprint density at radius 1 is 1.11 bits per heavy atom. The first-order chi connectivity index (χ1) is 16.8. The average Bonchev–Trinajstić information content (AvgIpc) is 3.34. The van der Waals surface area contributed by atoms with Crippen LogP contribution >= 0.6 is 0 Å². The van der Waals surface area contributed by atoms with Gasteiger partial charge in [-0.25, -0.2) is 0 Å². The summed E-state index contributed by atoms with van der Waals surface area (Å²) in [6, 6.07) is 12.6. The van der Waals surface area contributed by atoms with Gasteiger partial charge in [0.25, 0.3) is 0 Å². The second kappa shape index (κ2) is 10.5. The number of guanidine groups is 1. The zero-order chi connectivity index (χ0) is 25.0. The third-order valence-electron chi connectivity index (χ3n) is 6.67. The number of rotatable bonds is 7. The fraction of sp³-hybridized carbons (Fsp3) is 0.407. The van der Waals surface area contributed by atoms with E-state index in [1.807, 2.05) is 12.1 Å². The Morgan fingerprint density at radius 3 is 2.49 bits per heavy atom. The Morgan fingerprint density at radius 2 is 1.83 bits per heavy atom. The van der Waals surface area contributed by atoms with E-state index in [2.05, 4.69) is 29.4 Å². The number of nitrogens with one attached hydrogen (secondary N) is 2. The molecule has 0 amide bonds. The molecule has 0 aliphatic carbocycles. The number of halogens is 3. The predicted octanol–water partition coefficient (Wildman–Crippen LogP) is 5.14. The zero-order valence-corrected chi connectivity index (χ0v) is 20.0. The smallest absolute Gasteiger partial charge is 0.370 e. The Balaban J connectivity index is 1.50. The van der Waals surface area contributed by atoms with Crippen molar-refractivity contribution in [2.45, 2.75) is 57.7 Å². The molecule has 2 heterocycles. The maximum Gasteiger partial charge on any atom is 0.416 e. The molecule has 186 valence electrons. The number of nitrogens with two attached hydrogens (primary N) is 1. The van der Waals surface area contributed by atoms with E-state index in [9.17, 15) is 13.2 Å². The summed E-state index contributed by atoms with van der Waals surface area (Å²) in [6.07, 6.45) is 1.97. The second-order valence-electron chi connectivity index (χ2n) is 9.14. The van der Waals surface area contributed by atoms with Gasteiger partial charge in [0.1, 0.15) is 5.84 Å². The number of nitrogens with zero attached hydrogens (tertiary/aromatic N) is 2. The van der Waals surface area contributed by atoms with Gasteiger partial charge in [0.15, 0.2) is 5.96 Å². The molecule has 0 radical (unpaired) electrons. The van der Waals surface area contributed by atoms with E-state index in [1.54, 1.807) is 23.1 Å². The molecule has 0 aromatic heterocycles. The van der Waals surface area contributed by atoms with E-state index >= 15 is 0 Å². The van der Waals surface area contributed by atoms with Crippen molar-refractivity contribution in [2.75, 3.05) is 13.1 Å². The minimum atomic E-state index is -4.45. The SMILES string of the molecule is CCCc1ccc(CCc2ccc(C3=CCN=C(C4CCCN4C(=N)N)N3)cc2C(F)(F)F)cc1. The van der Waals surface area contributed by atoms with Gasteiger partial charge >= 0.3 is 6.18 Å². The van der Waals surface area contributed by atoms with Gasteiger partial charge in [-0.15, -0.1) is 0 Å². The molecule has 1 unspecified atom stereocenters. The Labute approximate surface area is 204 Å². The normalized spacial score (nSPS) is 18.2. The molecule has 2 aliphatic rings. The molecule has 1 fully saturated rings. The summed E-state index contributed by atoms with van der Waals surface area (Å²) in [5, 5.41) is 11.0. The largest absolute Gasteiger partial charge is 0.416 e. The highest BCUT2D eigenvalue weighted by Crippen LogP contribution is 2.35. The van der Waals surface area contributed by atoms with Crippen LogP contribution in [0.4, 0.5) is 13.2 Å². The van der Waals surface area contributed by atoms with Crippen LogP contribution in [-0.4, -0.2) is 35.8 Å². The minimum absolute atomic E-state index is 0.0168. The molecule has 8 heteroatoms. The molecular weight excluding hydrogens is 451 g/mol. The number of likely N-dealkylation sites (tertiary alicyclic amines) is 1. The Bertz CT molecular complexity index is 1120. The molecule has 2 aromatic carbocycles. The number of amidine groups is 1. The summed E-state index contributed by atoms with van der Waals surface area (Å²) in [7, 11) is 0. The molecule has 0 saturated carbocycles. The van der Waals surface area contributed by atoms with Crippen molar-refractivity contribution in [1.29, 1.82) is 5.41 Å². The molecule has 4 rings (SSSR count). The van der Waals surface area contributed by atoms with Gasteiger partial charge < -0.3 is 16.0 Å². The maximum absolute atomic E-state index is 14.0. The van der Waals surface area contributed by atoms with Gasteiger partial charge in [0, 0.05) is 12.2 Å². The summed E-state index contributed by atoms with van der Waals surface area (Å²) < 4.78 is 42.0. The number of hydrogen-bond donors (Lipinski definition) is 3. The number of benzene rings is 2. The van der Waals surface area contributed by atoms with E-state index in [4.69, 9.17) is 11.1 Å². The van der Waals surface area contributed by atoms with Gasteiger partial charge in [-0.05, 0) is 66.5 Å². The Hall–Kier alpha value is -3.29. The molecule has 1 saturated heterocycles. The number of alkyl halides is 3. The van der Waals surface area contributed by atoms with Crippen LogP contribution in [0.1, 0.15) is 54.0 Å². The van der Waals surface area contributed by atoms with Crippen LogP contribution in [0.5, 0.6) is 0 Å². The summed E-state index contributed by atoms with van der Waals surface area (Å²) in [4.78, 5) is 6.27. The molecule has 0 bridgehead atoms. The van der Waals surface area contributed by atoms with Crippen molar-refractivity contribution in [2.24, 2.45) is 10.7 Å². The predicted molar refractivity (Wildman–Crippen MR) is 134 cm³/mol. The van der Waals surface area contributed by atoms with Crippen molar-refractivity contribution in [3.05, 3.63) is 76.4 Å². The monoisotopic (exact) mass is 483 g/mol. The zero-order valence-electron chi connectivity index (χ0n) is 20.0. The second-order valence-corrected chi connectivity index (χ2v) is 9.14. The molecular formula is C27H32F3N5. The van der Waals surface area contributed by atoms with E-state index in [0.717, 1.165) is 31.2 Å². The molecule has 2 aromatic rings. The first kappa shape index (κ1) is 24.8. The number of aryl methyl sites for hydroxylation is 3. The van der Waals surface area contributed by atoms with Crippen LogP contribution in [0.2, 0.25) is 0 Å². The average molecular weight is 484 g/mol. The van der Waals surface area contributed by atoms with Crippen LogP contribution in [0.3, 0.4) is 0 Å².